The Labute approximate surface area is 82.4 Å². The second kappa shape index (κ2) is 4.21. The molecule has 0 radical (unpaired) electrons. The van der Waals surface area contributed by atoms with Crippen LogP contribution < -0.4 is 5.32 Å². The fourth-order valence-corrected chi connectivity index (χ4v) is 1.40. The highest BCUT2D eigenvalue weighted by atomic mass is 16.2. The van der Waals surface area contributed by atoms with Gasteiger partial charge in [0, 0.05) is 12.6 Å². The van der Waals surface area contributed by atoms with Gasteiger partial charge in [-0.2, -0.15) is 0 Å². The Morgan fingerprint density at radius 1 is 1.57 bits per heavy atom. The van der Waals surface area contributed by atoms with Gasteiger partial charge in [-0.3, -0.25) is 14.4 Å². The van der Waals surface area contributed by atoms with Crippen molar-refractivity contribution in [3.63, 3.8) is 0 Å². The predicted molar refractivity (Wildman–Crippen MR) is 49.5 cm³/mol. The molecule has 5 heteroatoms. The summed E-state index contributed by atoms with van der Waals surface area (Å²) >= 11 is 0. The summed E-state index contributed by atoms with van der Waals surface area (Å²) in [6, 6.07) is -0.113. The van der Waals surface area contributed by atoms with E-state index in [0.29, 0.717) is 6.54 Å². The van der Waals surface area contributed by atoms with Crippen molar-refractivity contribution in [2.45, 2.75) is 26.3 Å². The maximum atomic E-state index is 11.5. The van der Waals surface area contributed by atoms with Gasteiger partial charge >= 0.3 is 0 Å². The van der Waals surface area contributed by atoms with Gasteiger partial charge in [0.05, 0.1) is 6.54 Å². The predicted octanol–water partition coefficient (Wildman–Crippen LogP) is -0.688. The zero-order valence-corrected chi connectivity index (χ0v) is 8.37. The molecule has 1 fully saturated rings. The Morgan fingerprint density at radius 3 is 2.79 bits per heavy atom. The molecule has 14 heavy (non-hydrogen) atoms. The molecule has 1 N–H and O–H groups in total. The third-order valence-corrected chi connectivity index (χ3v) is 2.15. The van der Waals surface area contributed by atoms with Gasteiger partial charge in [-0.15, -0.1) is 0 Å². The van der Waals surface area contributed by atoms with Gasteiger partial charge in [-0.25, -0.2) is 0 Å². The average Bonchev–Trinajstić information content (AvgIpc) is 2.18. The number of carbonyl (C=O) groups is 3. The van der Waals surface area contributed by atoms with Crippen molar-refractivity contribution in [2.24, 2.45) is 0 Å². The van der Waals surface area contributed by atoms with Crippen molar-refractivity contribution < 1.29 is 14.4 Å². The van der Waals surface area contributed by atoms with Gasteiger partial charge in [-0.1, -0.05) is 0 Å². The molecule has 1 aliphatic heterocycles. The Bertz CT molecular complexity index is 275. The van der Waals surface area contributed by atoms with Crippen LogP contribution in [0.4, 0.5) is 0 Å². The summed E-state index contributed by atoms with van der Waals surface area (Å²) in [5.74, 6) is -0.616. The number of Topliss-reactive ketones (excluding diaryl/α,β-unsaturated/α-hetero) is 1. The smallest absolute Gasteiger partial charge is 0.232 e. The van der Waals surface area contributed by atoms with Crippen LogP contribution in [0.1, 0.15) is 20.3 Å². The number of ketones is 1. The zero-order chi connectivity index (χ0) is 10.7. The molecule has 0 aliphatic carbocycles. The summed E-state index contributed by atoms with van der Waals surface area (Å²) in [5, 5.41) is 2.62. The number of hydrogen-bond donors (Lipinski definition) is 1. The first-order valence-electron chi connectivity index (χ1n) is 4.56. The van der Waals surface area contributed by atoms with E-state index < -0.39 is 0 Å². The molecule has 1 atom stereocenters. The third kappa shape index (κ3) is 2.55. The Morgan fingerprint density at radius 2 is 2.21 bits per heavy atom. The number of amides is 2. The van der Waals surface area contributed by atoms with Crippen LogP contribution in [0.15, 0.2) is 0 Å². The monoisotopic (exact) mass is 198 g/mol. The number of hydrogen-bond acceptors (Lipinski definition) is 3. The molecule has 0 bridgehead atoms. The molecule has 1 heterocycles. The largest absolute Gasteiger partial charge is 0.354 e. The van der Waals surface area contributed by atoms with E-state index in [4.69, 9.17) is 0 Å². The summed E-state index contributed by atoms with van der Waals surface area (Å²) in [5.41, 5.74) is 0. The summed E-state index contributed by atoms with van der Waals surface area (Å²) in [7, 11) is 0. The number of carbonyl (C=O) groups excluding carboxylic acids is 3. The van der Waals surface area contributed by atoms with E-state index in [1.54, 1.807) is 0 Å². The molecule has 0 aromatic carbocycles. The van der Waals surface area contributed by atoms with Crippen LogP contribution in [0, 0.1) is 0 Å². The average molecular weight is 198 g/mol. The SMILES string of the molecule is CC(=O)CN1C(=O)CC(=O)NCC1C. The highest BCUT2D eigenvalue weighted by Crippen LogP contribution is 2.05. The van der Waals surface area contributed by atoms with Gasteiger partial charge in [0.1, 0.15) is 12.2 Å². The van der Waals surface area contributed by atoms with E-state index in [0.717, 1.165) is 0 Å². The van der Waals surface area contributed by atoms with Gasteiger partial charge in [0.25, 0.3) is 0 Å². The molecule has 5 nitrogen and oxygen atoms in total. The normalized spacial score (nSPS) is 23.0. The zero-order valence-electron chi connectivity index (χ0n) is 8.37. The van der Waals surface area contributed by atoms with E-state index in [-0.39, 0.29) is 36.6 Å². The van der Waals surface area contributed by atoms with E-state index in [2.05, 4.69) is 5.32 Å². The van der Waals surface area contributed by atoms with Gasteiger partial charge in [0.2, 0.25) is 11.8 Å². The molecule has 2 amide bonds. The van der Waals surface area contributed by atoms with Crippen LogP contribution >= 0.6 is 0 Å². The first-order chi connectivity index (χ1) is 6.50. The minimum atomic E-state index is -0.275. The van der Waals surface area contributed by atoms with Crippen molar-refractivity contribution in [2.75, 3.05) is 13.1 Å². The minimum Gasteiger partial charge on any atom is -0.354 e. The lowest BCUT2D eigenvalue weighted by atomic mass is 10.2. The lowest BCUT2D eigenvalue weighted by Crippen LogP contribution is -2.42. The van der Waals surface area contributed by atoms with Gasteiger partial charge in [0.15, 0.2) is 0 Å². The lowest BCUT2D eigenvalue weighted by molar-refractivity contribution is -0.138. The molecule has 1 saturated heterocycles. The highest BCUT2D eigenvalue weighted by molar-refractivity contribution is 5.99. The highest BCUT2D eigenvalue weighted by Gasteiger charge is 2.26. The van der Waals surface area contributed by atoms with E-state index in [1.807, 2.05) is 6.92 Å². The molecule has 0 saturated carbocycles. The quantitative estimate of drug-likeness (QED) is 0.597. The third-order valence-electron chi connectivity index (χ3n) is 2.15. The van der Waals surface area contributed by atoms with E-state index in [1.165, 1.54) is 11.8 Å². The maximum Gasteiger partial charge on any atom is 0.232 e. The summed E-state index contributed by atoms with van der Waals surface area (Å²) in [6.07, 6.45) is -0.155. The first kappa shape index (κ1) is 10.7. The molecule has 0 aromatic rings. The standard InChI is InChI=1S/C9H14N2O3/c1-6-4-10-8(13)3-9(14)11(6)5-7(2)12/h6H,3-5H2,1-2H3,(H,10,13). The summed E-state index contributed by atoms with van der Waals surface area (Å²) in [4.78, 5) is 34.9. The minimum absolute atomic E-state index is 0.0699. The van der Waals surface area contributed by atoms with Crippen molar-refractivity contribution in [3.05, 3.63) is 0 Å². The lowest BCUT2D eigenvalue weighted by Gasteiger charge is -2.25. The molecule has 1 rings (SSSR count). The molecule has 0 spiro atoms. The maximum absolute atomic E-state index is 11.5. The van der Waals surface area contributed by atoms with E-state index in [9.17, 15) is 14.4 Å². The van der Waals surface area contributed by atoms with Gasteiger partial charge < -0.3 is 10.2 Å². The van der Waals surface area contributed by atoms with E-state index >= 15 is 0 Å². The fourth-order valence-electron chi connectivity index (χ4n) is 1.40. The molecule has 78 valence electrons. The number of nitrogens with zero attached hydrogens (tertiary/aromatic N) is 1. The van der Waals surface area contributed by atoms with Crippen LogP contribution in [0.5, 0.6) is 0 Å². The van der Waals surface area contributed by atoms with Crippen LogP contribution in [0.3, 0.4) is 0 Å². The fraction of sp³-hybridized carbons (Fsp3) is 0.667. The molecule has 1 aliphatic rings. The summed E-state index contributed by atoms with van der Waals surface area (Å²) < 4.78 is 0. The van der Waals surface area contributed by atoms with Gasteiger partial charge in [-0.05, 0) is 13.8 Å². The van der Waals surface area contributed by atoms with Crippen molar-refractivity contribution in [3.8, 4) is 0 Å². The Balaban J connectivity index is 2.73. The number of rotatable bonds is 2. The second-order valence-electron chi connectivity index (χ2n) is 3.55. The first-order valence-corrected chi connectivity index (χ1v) is 4.56. The van der Waals surface area contributed by atoms with Crippen LogP contribution in [-0.2, 0) is 14.4 Å². The second-order valence-corrected chi connectivity index (χ2v) is 3.55. The molecular weight excluding hydrogens is 184 g/mol. The molecule has 1 unspecified atom stereocenters. The molecule has 0 aromatic heterocycles. The molecular formula is C9H14N2O3. The van der Waals surface area contributed by atoms with Crippen LogP contribution in [0.2, 0.25) is 0 Å². The Kier molecular flexibility index (Phi) is 3.22. The van der Waals surface area contributed by atoms with Crippen LogP contribution in [0.25, 0.3) is 0 Å². The summed E-state index contributed by atoms with van der Waals surface area (Å²) in [6.45, 7) is 3.75. The van der Waals surface area contributed by atoms with Crippen molar-refractivity contribution in [1.29, 1.82) is 0 Å². The number of nitrogens with one attached hydrogen (secondary N) is 1. The van der Waals surface area contributed by atoms with Crippen LogP contribution in [-0.4, -0.2) is 41.6 Å². The topological polar surface area (TPSA) is 66.5 Å². The Hall–Kier alpha value is -1.39. The van der Waals surface area contributed by atoms with Crippen molar-refractivity contribution >= 4 is 17.6 Å². The van der Waals surface area contributed by atoms with Crippen molar-refractivity contribution in [1.82, 2.24) is 10.2 Å².